The van der Waals surface area contributed by atoms with E-state index in [1.54, 1.807) is 13.3 Å². The average molecular weight is 301 g/mol. The molecule has 2 N–H and O–H groups in total. The zero-order chi connectivity index (χ0) is 15.2. The minimum atomic E-state index is 0.504. The van der Waals surface area contributed by atoms with E-state index in [4.69, 9.17) is 9.47 Å². The number of hydrogen-bond donors (Lipinski definition) is 2. The number of nitrogens with zero attached hydrogens (tertiary/aromatic N) is 3. The average Bonchev–Trinajstić information content (AvgIpc) is 3.36. The molecule has 22 heavy (non-hydrogen) atoms. The van der Waals surface area contributed by atoms with Crippen molar-refractivity contribution in [3.05, 3.63) is 30.5 Å². The molecule has 7 heteroatoms. The van der Waals surface area contributed by atoms with Crippen molar-refractivity contribution < 1.29 is 9.47 Å². The number of ether oxygens (including phenoxy) is 2. The van der Waals surface area contributed by atoms with E-state index < -0.39 is 0 Å². The second-order valence-electron chi connectivity index (χ2n) is 5.03. The van der Waals surface area contributed by atoms with Crippen molar-refractivity contribution in [2.75, 3.05) is 30.9 Å². The molecule has 0 unspecified atom stereocenters. The third kappa shape index (κ3) is 4.21. The van der Waals surface area contributed by atoms with E-state index in [2.05, 4.69) is 25.8 Å². The zero-order valence-corrected chi connectivity index (χ0v) is 12.5. The fourth-order valence-electron chi connectivity index (χ4n) is 1.89. The summed E-state index contributed by atoms with van der Waals surface area (Å²) in [4.78, 5) is 4.35. The highest BCUT2D eigenvalue weighted by molar-refractivity contribution is 5.39. The van der Waals surface area contributed by atoms with Crippen LogP contribution in [0, 0.1) is 0 Å². The molecular formula is C15H19N5O2. The summed E-state index contributed by atoms with van der Waals surface area (Å²) in [6.07, 6.45) is 4.03. The molecular weight excluding hydrogens is 282 g/mol. The van der Waals surface area contributed by atoms with Crippen LogP contribution in [0.15, 0.2) is 30.5 Å². The third-order valence-corrected chi connectivity index (χ3v) is 3.20. The van der Waals surface area contributed by atoms with Crippen LogP contribution in [0.25, 0.3) is 0 Å². The highest BCUT2D eigenvalue weighted by Gasteiger charge is 2.21. The van der Waals surface area contributed by atoms with Gasteiger partial charge in [0.05, 0.1) is 19.9 Å². The van der Waals surface area contributed by atoms with E-state index in [9.17, 15) is 0 Å². The molecule has 2 aromatic rings. The predicted molar refractivity (Wildman–Crippen MR) is 83.5 cm³/mol. The Hall–Kier alpha value is -2.57. The summed E-state index contributed by atoms with van der Waals surface area (Å²) in [5.74, 6) is 2.87. The molecule has 7 nitrogen and oxygen atoms in total. The van der Waals surface area contributed by atoms with Crippen LogP contribution < -0.4 is 20.1 Å². The van der Waals surface area contributed by atoms with Gasteiger partial charge in [0.1, 0.15) is 18.1 Å². The standard InChI is InChI=1S/C15H19N5O2/c1-21-12-4-6-13(7-5-12)22-9-8-16-15-19-14(10-17-20-15)18-11-2-3-11/h4-7,10-11H,2-3,8-9H2,1H3,(H2,16,18,19,20). The lowest BCUT2D eigenvalue weighted by atomic mass is 10.3. The molecule has 1 saturated carbocycles. The fourth-order valence-corrected chi connectivity index (χ4v) is 1.89. The SMILES string of the molecule is COc1ccc(OCCNc2nncc(NC3CC3)n2)cc1. The first-order chi connectivity index (χ1) is 10.8. The van der Waals surface area contributed by atoms with Gasteiger partial charge in [0.15, 0.2) is 5.82 Å². The summed E-state index contributed by atoms with van der Waals surface area (Å²) in [7, 11) is 1.64. The number of nitrogens with one attached hydrogen (secondary N) is 2. The molecule has 0 bridgehead atoms. The number of rotatable bonds is 8. The van der Waals surface area contributed by atoms with Crippen LogP contribution in [0.5, 0.6) is 11.5 Å². The van der Waals surface area contributed by atoms with Crippen LogP contribution in [-0.2, 0) is 0 Å². The van der Waals surface area contributed by atoms with Gasteiger partial charge in [-0.15, -0.1) is 5.10 Å². The van der Waals surface area contributed by atoms with Gasteiger partial charge in [0.25, 0.3) is 0 Å². The van der Waals surface area contributed by atoms with Crippen LogP contribution in [0.3, 0.4) is 0 Å². The highest BCUT2D eigenvalue weighted by Crippen LogP contribution is 2.23. The Morgan fingerprint density at radius 3 is 2.68 bits per heavy atom. The van der Waals surface area contributed by atoms with Crippen LogP contribution in [0.2, 0.25) is 0 Å². The highest BCUT2D eigenvalue weighted by atomic mass is 16.5. The molecule has 0 saturated heterocycles. The van der Waals surface area contributed by atoms with Gasteiger partial charge in [0.2, 0.25) is 5.95 Å². The number of methoxy groups -OCH3 is 1. The lowest BCUT2D eigenvalue weighted by Crippen LogP contribution is -2.14. The maximum Gasteiger partial charge on any atom is 0.244 e. The molecule has 0 spiro atoms. The molecule has 1 aliphatic rings. The molecule has 1 heterocycles. The first-order valence-electron chi connectivity index (χ1n) is 7.30. The Balaban J connectivity index is 1.42. The minimum absolute atomic E-state index is 0.504. The maximum absolute atomic E-state index is 5.62. The van der Waals surface area contributed by atoms with E-state index in [1.807, 2.05) is 24.3 Å². The Morgan fingerprint density at radius 2 is 1.95 bits per heavy atom. The van der Waals surface area contributed by atoms with Crippen LogP contribution in [0.4, 0.5) is 11.8 Å². The van der Waals surface area contributed by atoms with Crippen molar-refractivity contribution in [3.63, 3.8) is 0 Å². The number of hydrogen-bond acceptors (Lipinski definition) is 7. The van der Waals surface area contributed by atoms with E-state index in [0.29, 0.717) is 25.1 Å². The summed E-state index contributed by atoms with van der Waals surface area (Å²) in [6.45, 7) is 1.11. The second kappa shape index (κ2) is 6.93. The Morgan fingerprint density at radius 1 is 1.18 bits per heavy atom. The smallest absolute Gasteiger partial charge is 0.244 e. The summed E-state index contributed by atoms with van der Waals surface area (Å²) in [5, 5.41) is 14.3. The monoisotopic (exact) mass is 301 g/mol. The van der Waals surface area contributed by atoms with E-state index in [-0.39, 0.29) is 0 Å². The summed E-state index contributed by atoms with van der Waals surface area (Å²) >= 11 is 0. The largest absolute Gasteiger partial charge is 0.497 e. The molecule has 0 aliphatic heterocycles. The van der Waals surface area contributed by atoms with Crippen LogP contribution in [0.1, 0.15) is 12.8 Å². The summed E-state index contributed by atoms with van der Waals surface area (Å²) in [5.41, 5.74) is 0. The maximum atomic E-state index is 5.62. The second-order valence-corrected chi connectivity index (χ2v) is 5.03. The van der Waals surface area contributed by atoms with Gasteiger partial charge in [-0.3, -0.25) is 0 Å². The van der Waals surface area contributed by atoms with E-state index in [0.717, 1.165) is 17.3 Å². The Bertz CT molecular complexity index is 601. The van der Waals surface area contributed by atoms with Crippen molar-refractivity contribution in [2.45, 2.75) is 18.9 Å². The number of anilines is 2. The first-order valence-corrected chi connectivity index (χ1v) is 7.30. The minimum Gasteiger partial charge on any atom is -0.497 e. The normalized spacial score (nSPS) is 13.5. The van der Waals surface area contributed by atoms with E-state index in [1.165, 1.54) is 12.8 Å². The summed E-state index contributed by atoms with van der Waals surface area (Å²) < 4.78 is 10.7. The van der Waals surface area contributed by atoms with Crippen LogP contribution in [-0.4, -0.2) is 41.5 Å². The number of benzene rings is 1. The lowest BCUT2D eigenvalue weighted by Gasteiger charge is -2.09. The molecule has 3 rings (SSSR count). The van der Waals surface area contributed by atoms with Gasteiger partial charge in [-0.1, -0.05) is 0 Å². The number of aromatic nitrogens is 3. The third-order valence-electron chi connectivity index (χ3n) is 3.20. The van der Waals surface area contributed by atoms with Gasteiger partial charge >= 0.3 is 0 Å². The molecule has 0 radical (unpaired) electrons. The van der Waals surface area contributed by atoms with Crippen molar-refractivity contribution in [3.8, 4) is 11.5 Å². The van der Waals surface area contributed by atoms with Crippen molar-refractivity contribution in [2.24, 2.45) is 0 Å². The molecule has 116 valence electrons. The molecule has 1 aromatic carbocycles. The molecule has 0 amide bonds. The van der Waals surface area contributed by atoms with Crippen LogP contribution >= 0.6 is 0 Å². The molecule has 1 aromatic heterocycles. The predicted octanol–water partition coefficient (Wildman–Crippen LogP) is 1.95. The van der Waals surface area contributed by atoms with E-state index >= 15 is 0 Å². The molecule has 0 atom stereocenters. The quantitative estimate of drug-likeness (QED) is 0.721. The topological polar surface area (TPSA) is 81.2 Å². The van der Waals surface area contributed by atoms with Gasteiger partial charge in [-0.05, 0) is 37.1 Å². The van der Waals surface area contributed by atoms with Gasteiger partial charge in [-0.25, -0.2) is 0 Å². The van der Waals surface area contributed by atoms with Gasteiger partial charge < -0.3 is 20.1 Å². The van der Waals surface area contributed by atoms with Gasteiger partial charge in [0, 0.05) is 6.04 Å². The summed E-state index contributed by atoms with van der Waals surface area (Å²) in [6, 6.07) is 8.02. The zero-order valence-electron chi connectivity index (χ0n) is 12.5. The fraction of sp³-hybridized carbons (Fsp3) is 0.400. The van der Waals surface area contributed by atoms with Crippen molar-refractivity contribution >= 4 is 11.8 Å². The van der Waals surface area contributed by atoms with Crippen molar-refractivity contribution in [1.82, 2.24) is 15.2 Å². The molecule has 1 aliphatic carbocycles. The lowest BCUT2D eigenvalue weighted by molar-refractivity contribution is 0.331. The van der Waals surface area contributed by atoms with Crippen molar-refractivity contribution in [1.29, 1.82) is 0 Å². The first kappa shape index (κ1) is 14.4. The Kier molecular flexibility index (Phi) is 4.53. The van der Waals surface area contributed by atoms with Gasteiger partial charge in [-0.2, -0.15) is 10.1 Å². The Labute approximate surface area is 129 Å². The molecule has 1 fully saturated rings.